The van der Waals surface area contributed by atoms with Crippen LogP contribution in [0.3, 0.4) is 0 Å². The highest BCUT2D eigenvalue weighted by Crippen LogP contribution is 2.00. The summed E-state index contributed by atoms with van der Waals surface area (Å²) in [6.45, 7) is 0.253. The van der Waals surface area contributed by atoms with Gasteiger partial charge in [-0.05, 0) is 5.56 Å². The Bertz CT molecular complexity index is 330. The number of hydrogen-bond acceptors (Lipinski definition) is 3. The normalized spacial score (nSPS) is 9.07. The van der Waals surface area contributed by atoms with Gasteiger partial charge >= 0.3 is 12.5 Å². The predicted octanol–water partition coefficient (Wildman–Crippen LogP) is 1.63. The SMILES string of the molecule is N#[N+]CCOC(=O)Cc1ccccc1. The van der Waals surface area contributed by atoms with Crippen molar-refractivity contribution < 1.29 is 9.53 Å². The van der Waals surface area contributed by atoms with Crippen molar-refractivity contribution in [2.24, 2.45) is 0 Å². The van der Waals surface area contributed by atoms with Gasteiger partial charge in [-0.1, -0.05) is 30.3 Å². The summed E-state index contributed by atoms with van der Waals surface area (Å²) in [5.41, 5.74) is 0.915. The lowest BCUT2D eigenvalue weighted by atomic mass is 10.2. The lowest BCUT2D eigenvalue weighted by Gasteiger charge is -1.99. The molecule has 0 aliphatic rings. The minimum Gasteiger partial charge on any atom is -0.457 e. The van der Waals surface area contributed by atoms with Crippen molar-refractivity contribution >= 4 is 5.97 Å². The first-order valence-corrected chi connectivity index (χ1v) is 4.33. The molecule has 4 heteroatoms. The van der Waals surface area contributed by atoms with Gasteiger partial charge in [-0.2, -0.15) is 0 Å². The van der Waals surface area contributed by atoms with Crippen LogP contribution in [0.2, 0.25) is 0 Å². The van der Waals surface area contributed by atoms with Crippen LogP contribution in [0, 0.1) is 5.39 Å². The van der Waals surface area contributed by atoms with E-state index in [1.165, 1.54) is 0 Å². The Balaban J connectivity index is 2.32. The maximum Gasteiger partial charge on any atom is 0.338 e. The average molecular weight is 191 g/mol. The smallest absolute Gasteiger partial charge is 0.338 e. The molecule has 1 aromatic rings. The van der Waals surface area contributed by atoms with Gasteiger partial charge in [-0.25, -0.2) is 0 Å². The molecular weight excluding hydrogens is 180 g/mol. The molecule has 0 saturated heterocycles. The van der Waals surface area contributed by atoms with Crippen molar-refractivity contribution in [2.75, 3.05) is 13.2 Å². The summed E-state index contributed by atoms with van der Waals surface area (Å²) in [6.07, 6.45) is 0.256. The highest BCUT2D eigenvalue weighted by molar-refractivity contribution is 5.72. The van der Waals surface area contributed by atoms with Gasteiger partial charge < -0.3 is 4.74 Å². The molecule has 0 aliphatic heterocycles. The summed E-state index contributed by atoms with van der Waals surface area (Å²) in [5, 5.41) is 8.10. The molecular formula is C10H11N2O2+. The van der Waals surface area contributed by atoms with E-state index in [2.05, 4.69) is 4.98 Å². The molecule has 0 heterocycles. The highest BCUT2D eigenvalue weighted by atomic mass is 16.5. The van der Waals surface area contributed by atoms with Crippen LogP contribution in [-0.2, 0) is 16.0 Å². The zero-order valence-electron chi connectivity index (χ0n) is 7.72. The standard InChI is InChI=1S/C10H11N2O2/c11-12-6-7-14-10(13)8-9-4-2-1-3-5-9/h1-5H,6-8H2/q+1. The van der Waals surface area contributed by atoms with E-state index in [0.29, 0.717) is 0 Å². The number of carbonyl (C=O) groups excluding carboxylic acids is 1. The third-order valence-corrected chi connectivity index (χ3v) is 1.65. The maximum absolute atomic E-state index is 11.1. The quantitative estimate of drug-likeness (QED) is 0.413. The molecule has 0 atom stereocenters. The largest absolute Gasteiger partial charge is 0.457 e. The molecule has 0 radical (unpaired) electrons. The van der Waals surface area contributed by atoms with Gasteiger partial charge in [-0.3, -0.25) is 4.79 Å². The number of carbonyl (C=O) groups is 1. The van der Waals surface area contributed by atoms with Crippen LogP contribution in [-0.4, -0.2) is 19.1 Å². The Kier molecular flexibility index (Phi) is 4.15. The van der Waals surface area contributed by atoms with Gasteiger partial charge in [0, 0.05) is 0 Å². The Morgan fingerprint density at radius 2 is 2.07 bits per heavy atom. The van der Waals surface area contributed by atoms with Crippen molar-refractivity contribution in [3.05, 3.63) is 40.9 Å². The molecule has 0 unspecified atom stereocenters. The van der Waals surface area contributed by atoms with E-state index in [-0.39, 0.29) is 25.5 Å². The molecule has 1 aromatic carbocycles. The number of benzene rings is 1. The van der Waals surface area contributed by atoms with Crippen LogP contribution < -0.4 is 0 Å². The van der Waals surface area contributed by atoms with Crippen LogP contribution in [0.15, 0.2) is 30.3 Å². The molecule has 14 heavy (non-hydrogen) atoms. The van der Waals surface area contributed by atoms with Crippen LogP contribution in [0.4, 0.5) is 0 Å². The molecule has 0 aromatic heterocycles. The van der Waals surface area contributed by atoms with Gasteiger partial charge in [-0.15, -0.1) is 0 Å². The second-order valence-corrected chi connectivity index (χ2v) is 2.75. The monoisotopic (exact) mass is 191 g/mol. The average Bonchev–Trinajstić information content (AvgIpc) is 2.20. The second kappa shape index (κ2) is 5.70. The second-order valence-electron chi connectivity index (χ2n) is 2.75. The number of ether oxygens (including phenoxy) is 1. The minimum atomic E-state index is -0.306. The van der Waals surface area contributed by atoms with E-state index in [1.54, 1.807) is 0 Å². The van der Waals surface area contributed by atoms with E-state index in [4.69, 9.17) is 10.1 Å². The van der Waals surface area contributed by atoms with Crippen molar-refractivity contribution in [1.82, 2.24) is 0 Å². The van der Waals surface area contributed by atoms with E-state index >= 15 is 0 Å². The number of nitrogens with zero attached hydrogens (tertiary/aromatic N) is 2. The lowest BCUT2D eigenvalue weighted by molar-refractivity contribution is -0.142. The molecule has 0 saturated carbocycles. The molecule has 0 fully saturated rings. The predicted molar refractivity (Wildman–Crippen MR) is 51.1 cm³/mol. The fourth-order valence-electron chi connectivity index (χ4n) is 1.01. The van der Waals surface area contributed by atoms with Gasteiger partial charge in [0.25, 0.3) is 0 Å². The van der Waals surface area contributed by atoms with Gasteiger partial charge in [0.2, 0.25) is 5.39 Å². The summed E-state index contributed by atoms with van der Waals surface area (Å²) in [5.74, 6) is -0.306. The Labute approximate surface area is 82.1 Å². The van der Waals surface area contributed by atoms with E-state index < -0.39 is 0 Å². The number of hydrogen-bond donors (Lipinski definition) is 0. The highest BCUT2D eigenvalue weighted by Gasteiger charge is 2.05. The first-order chi connectivity index (χ1) is 6.83. The van der Waals surface area contributed by atoms with Crippen molar-refractivity contribution in [2.45, 2.75) is 6.42 Å². The first-order valence-electron chi connectivity index (χ1n) is 4.33. The summed E-state index contributed by atoms with van der Waals surface area (Å²) in [4.78, 5) is 14.0. The minimum absolute atomic E-state index is 0.126. The molecule has 0 spiro atoms. The van der Waals surface area contributed by atoms with E-state index in [9.17, 15) is 4.79 Å². The third-order valence-electron chi connectivity index (χ3n) is 1.65. The maximum atomic E-state index is 11.1. The van der Waals surface area contributed by atoms with Gasteiger partial charge in [0.1, 0.15) is 4.98 Å². The number of diazo groups is 1. The molecule has 0 amide bonds. The summed E-state index contributed by atoms with van der Waals surface area (Å²) < 4.78 is 4.79. The molecule has 4 nitrogen and oxygen atoms in total. The van der Waals surface area contributed by atoms with Crippen LogP contribution >= 0.6 is 0 Å². The molecule has 0 N–H and O–H groups in total. The summed E-state index contributed by atoms with van der Waals surface area (Å²) >= 11 is 0. The van der Waals surface area contributed by atoms with Crippen LogP contribution in [0.1, 0.15) is 5.56 Å². The lowest BCUT2D eigenvalue weighted by Crippen LogP contribution is -2.09. The molecule has 0 aliphatic carbocycles. The molecule has 0 bridgehead atoms. The Morgan fingerprint density at radius 1 is 1.36 bits per heavy atom. The fraction of sp³-hybridized carbons (Fsp3) is 0.300. The van der Waals surface area contributed by atoms with Crippen LogP contribution in [0.25, 0.3) is 4.98 Å². The zero-order valence-corrected chi connectivity index (χ0v) is 7.72. The van der Waals surface area contributed by atoms with Crippen molar-refractivity contribution in [1.29, 1.82) is 5.39 Å². The van der Waals surface area contributed by atoms with Crippen LogP contribution in [0.5, 0.6) is 0 Å². The third kappa shape index (κ3) is 3.68. The van der Waals surface area contributed by atoms with E-state index in [0.717, 1.165) is 5.56 Å². The molecule has 1 rings (SSSR count). The number of esters is 1. The topological polar surface area (TPSA) is 54.4 Å². The van der Waals surface area contributed by atoms with Crippen molar-refractivity contribution in [3.63, 3.8) is 0 Å². The van der Waals surface area contributed by atoms with Gasteiger partial charge in [0.05, 0.1) is 6.42 Å². The Morgan fingerprint density at radius 3 is 2.71 bits per heavy atom. The number of rotatable bonds is 4. The van der Waals surface area contributed by atoms with E-state index in [1.807, 2.05) is 30.3 Å². The van der Waals surface area contributed by atoms with Gasteiger partial charge in [0.15, 0.2) is 6.61 Å². The fourth-order valence-corrected chi connectivity index (χ4v) is 1.01. The summed E-state index contributed by atoms with van der Waals surface area (Å²) in [7, 11) is 0. The summed E-state index contributed by atoms with van der Waals surface area (Å²) in [6, 6.07) is 9.34. The molecule has 72 valence electrons. The first kappa shape index (κ1) is 10.2. The Hall–Kier alpha value is -1.89. The zero-order chi connectivity index (χ0) is 10.2. The van der Waals surface area contributed by atoms with Crippen molar-refractivity contribution in [3.8, 4) is 0 Å².